The highest BCUT2D eigenvalue weighted by Crippen LogP contribution is 2.25. The molecule has 0 atom stereocenters. The molecule has 2 aromatic rings. The number of rotatable bonds is 5. The van der Waals surface area contributed by atoms with Gasteiger partial charge in [0.25, 0.3) is 0 Å². The first-order valence-electron chi connectivity index (χ1n) is 7.68. The van der Waals surface area contributed by atoms with E-state index < -0.39 is 0 Å². The number of thioether (sulfide) groups is 1. The van der Waals surface area contributed by atoms with E-state index in [2.05, 4.69) is 42.2 Å². The molecule has 0 spiro atoms. The molecule has 3 nitrogen and oxygen atoms in total. The van der Waals surface area contributed by atoms with Crippen LogP contribution < -0.4 is 0 Å². The van der Waals surface area contributed by atoms with Crippen LogP contribution in [0.4, 0.5) is 0 Å². The van der Waals surface area contributed by atoms with Gasteiger partial charge in [0.1, 0.15) is 0 Å². The molecule has 1 aliphatic rings. The number of nitrogens with zero attached hydrogens (tertiary/aromatic N) is 2. The molecule has 1 fully saturated rings. The highest BCUT2D eigenvalue weighted by Gasteiger charge is 2.11. The second-order valence-corrected chi connectivity index (χ2v) is 6.38. The molecule has 2 heterocycles. The highest BCUT2D eigenvalue weighted by atomic mass is 32.2. The van der Waals surface area contributed by atoms with Crippen molar-refractivity contribution in [1.29, 1.82) is 0 Å². The minimum atomic E-state index is 0.874. The first-order chi connectivity index (χ1) is 10.4. The van der Waals surface area contributed by atoms with Gasteiger partial charge < -0.3 is 4.74 Å². The van der Waals surface area contributed by atoms with Crippen LogP contribution >= 0.6 is 11.8 Å². The fourth-order valence-electron chi connectivity index (χ4n) is 2.62. The Morgan fingerprint density at radius 3 is 2.86 bits per heavy atom. The number of morpholine rings is 1. The third-order valence-corrected chi connectivity index (χ3v) is 4.91. The van der Waals surface area contributed by atoms with Gasteiger partial charge in [-0.15, -0.1) is 11.8 Å². The SMILES string of the molecule is CCc1cc2ccccc2nc1SCCN1CCOCC1. The molecule has 1 saturated heterocycles. The van der Waals surface area contributed by atoms with Crippen molar-refractivity contribution in [1.82, 2.24) is 9.88 Å². The number of fused-ring (bicyclic) bond motifs is 1. The predicted octanol–water partition coefficient (Wildman–Crippen LogP) is 3.22. The zero-order valence-corrected chi connectivity index (χ0v) is 13.4. The highest BCUT2D eigenvalue weighted by molar-refractivity contribution is 7.99. The van der Waals surface area contributed by atoms with Crippen LogP contribution in [0.5, 0.6) is 0 Å². The van der Waals surface area contributed by atoms with Gasteiger partial charge in [-0.3, -0.25) is 4.90 Å². The van der Waals surface area contributed by atoms with Crippen molar-refractivity contribution in [3.63, 3.8) is 0 Å². The standard InChI is InChI=1S/C17H22N2OS/c1-2-14-13-15-5-3-4-6-16(15)18-17(14)21-12-9-19-7-10-20-11-8-19/h3-6,13H,2,7-12H2,1H3. The van der Waals surface area contributed by atoms with E-state index >= 15 is 0 Å². The fraction of sp³-hybridized carbons (Fsp3) is 0.471. The van der Waals surface area contributed by atoms with Crippen molar-refractivity contribution in [3.05, 3.63) is 35.9 Å². The summed E-state index contributed by atoms with van der Waals surface area (Å²) in [5.41, 5.74) is 2.46. The average Bonchev–Trinajstić information content (AvgIpc) is 2.55. The number of aromatic nitrogens is 1. The summed E-state index contributed by atoms with van der Waals surface area (Å²) in [4.78, 5) is 7.32. The molecule has 4 heteroatoms. The summed E-state index contributed by atoms with van der Waals surface area (Å²) in [7, 11) is 0. The zero-order valence-electron chi connectivity index (χ0n) is 12.5. The van der Waals surface area contributed by atoms with Crippen LogP contribution in [-0.2, 0) is 11.2 Å². The van der Waals surface area contributed by atoms with Crippen LogP contribution in [0.2, 0.25) is 0 Å². The lowest BCUT2D eigenvalue weighted by Crippen LogP contribution is -2.37. The van der Waals surface area contributed by atoms with Gasteiger partial charge in [-0.25, -0.2) is 4.98 Å². The number of hydrogen-bond donors (Lipinski definition) is 0. The van der Waals surface area contributed by atoms with E-state index in [0.717, 1.165) is 50.5 Å². The Labute approximate surface area is 130 Å². The van der Waals surface area contributed by atoms with Gasteiger partial charge in [0.2, 0.25) is 0 Å². The summed E-state index contributed by atoms with van der Waals surface area (Å²) in [6.07, 6.45) is 1.04. The molecule has 0 saturated carbocycles. The predicted molar refractivity (Wildman–Crippen MR) is 89.1 cm³/mol. The molecule has 0 N–H and O–H groups in total. The quantitative estimate of drug-likeness (QED) is 0.792. The summed E-state index contributed by atoms with van der Waals surface area (Å²) >= 11 is 1.89. The van der Waals surface area contributed by atoms with Crippen molar-refractivity contribution < 1.29 is 4.74 Å². The first-order valence-corrected chi connectivity index (χ1v) is 8.67. The van der Waals surface area contributed by atoms with E-state index in [1.54, 1.807) is 0 Å². The van der Waals surface area contributed by atoms with Gasteiger partial charge in [0.05, 0.1) is 23.8 Å². The summed E-state index contributed by atoms with van der Waals surface area (Å²) < 4.78 is 5.39. The van der Waals surface area contributed by atoms with E-state index in [9.17, 15) is 0 Å². The number of aryl methyl sites for hydroxylation is 1. The Morgan fingerprint density at radius 1 is 1.24 bits per heavy atom. The van der Waals surface area contributed by atoms with Crippen LogP contribution in [0.3, 0.4) is 0 Å². The largest absolute Gasteiger partial charge is 0.379 e. The van der Waals surface area contributed by atoms with E-state index in [-0.39, 0.29) is 0 Å². The fourth-order valence-corrected chi connectivity index (χ4v) is 3.71. The van der Waals surface area contributed by atoms with Crippen molar-refractivity contribution >= 4 is 22.7 Å². The molecule has 1 aromatic heterocycles. The Hall–Kier alpha value is -1.10. The molecule has 0 aliphatic carbocycles. The van der Waals surface area contributed by atoms with Gasteiger partial charge in [0.15, 0.2) is 0 Å². The van der Waals surface area contributed by atoms with E-state index in [4.69, 9.17) is 9.72 Å². The topological polar surface area (TPSA) is 25.4 Å². The summed E-state index contributed by atoms with van der Waals surface area (Å²) in [5.74, 6) is 1.10. The van der Waals surface area contributed by atoms with E-state index in [0.29, 0.717) is 0 Å². The molecular formula is C17H22N2OS. The van der Waals surface area contributed by atoms with Crippen molar-refractivity contribution in [3.8, 4) is 0 Å². The van der Waals surface area contributed by atoms with Crippen LogP contribution in [0.25, 0.3) is 10.9 Å². The Kier molecular flexibility index (Phi) is 5.12. The number of benzene rings is 1. The van der Waals surface area contributed by atoms with E-state index in [1.165, 1.54) is 16.0 Å². The number of para-hydroxylation sites is 1. The van der Waals surface area contributed by atoms with E-state index in [1.807, 2.05) is 11.8 Å². The third-order valence-electron chi connectivity index (χ3n) is 3.89. The molecule has 3 rings (SSSR count). The zero-order chi connectivity index (χ0) is 14.5. The lowest BCUT2D eigenvalue weighted by molar-refractivity contribution is 0.0410. The number of ether oxygens (including phenoxy) is 1. The second-order valence-electron chi connectivity index (χ2n) is 5.30. The van der Waals surface area contributed by atoms with Crippen LogP contribution in [0.1, 0.15) is 12.5 Å². The van der Waals surface area contributed by atoms with Crippen molar-refractivity contribution in [2.45, 2.75) is 18.4 Å². The van der Waals surface area contributed by atoms with Crippen LogP contribution in [0.15, 0.2) is 35.4 Å². The molecule has 0 radical (unpaired) electrons. The molecular weight excluding hydrogens is 280 g/mol. The normalized spacial score (nSPS) is 16.4. The maximum Gasteiger partial charge on any atom is 0.0999 e. The Morgan fingerprint density at radius 2 is 2.05 bits per heavy atom. The minimum absolute atomic E-state index is 0.874. The van der Waals surface area contributed by atoms with Crippen LogP contribution in [0, 0.1) is 0 Å². The lowest BCUT2D eigenvalue weighted by Gasteiger charge is -2.26. The maximum absolute atomic E-state index is 5.39. The smallest absolute Gasteiger partial charge is 0.0999 e. The number of pyridine rings is 1. The second kappa shape index (κ2) is 7.25. The molecule has 0 unspecified atom stereocenters. The molecule has 112 valence electrons. The molecule has 0 bridgehead atoms. The Balaban J connectivity index is 1.67. The summed E-state index contributed by atoms with van der Waals surface area (Å²) in [6.45, 7) is 7.19. The summed E-state index contributed by atoms with van der Waals surface area (Å²) in [6, 6.07) is 10.7. The lowest BCUT2D eigenvalue weighted by atomic mass is 10.1. The molecule has 1 aliphatic heterocycles. The van der Waals surface area contributed by atoms with Gasteiger partial charge in [-0.1, -0.05) is 25.1 Å². The van der Waals surface area contributed by atoms with Crippen molar-refractivity contribution in [2.75, 3.05) is 38.6 Å². The molecule has 1 aromatic carbocycles. The minimum Gasteiger partial charge on any atom is -0.379 e. The first kappa shape index (κ1) is 14.8. The van der Waals surface area contributed by atoms with Crippen molar-refractivity contribution in [2.24, 2.45) is 0 Å². The molecule has 21 heavy (non-hydrogen) atoms. The van der Waals surface area contributed by atoms with Gasteiger partial charge in [-0.05, 0) is 24.1 Å². The van der Waals surface area contributed by atoms with Crippen LogP contribution in [-0.4, -0.2) is 48.5 Å². The summed E-state index contributed by atoms with van der Waals surface area (Å²) in [5, 5.41) is 2.44. The number of hydrogen-bond acceptors (Lipinski definition) is 4. The Bertz CT molecular complexity index is 596. The maximum atomic E-state index is 5.39. The third kappa shape index (κ3) is 3.76. The average molecular weight is 302 g/mol. The monoisotopic (exact) mass is 302 g/mol. The van der Waals surface area contributed by atoms with Gasteiger partial charge in [-0.2, -0.15) is 0 Å². The molecule has 0 amide bonds. The van der Waals surface area contributed by atoms with Gasteiger partial charge in [0, 0.05) is 30.8 Å². The van der Waals surface area contributed by atoms with Gasteiger partial charge >= 0.3 is 0 Å².